The maximum Gasteiger partial charge on any atom is 0.0493 e. The summed E-state index contributed by atoms with van der Waals surface area (Å²) in [6.45, 7) is 40.9. The van der Waals surface area contributed by atoms with E-state index in [0.717, 1.165) is 10.3 Å². The highest BCUT2D eigenvalue weighted by atomic mass is 28.4. The number of benzene rings is 1. The van der Waals surface area contributed by atoms with Crippen molar-refractivity contribution >= 4 is 32.3 Å². The Kier molecular flexibility index (Phi) is 7.68. The molecule has 0 unspecified atom stereocenters. The van der Waals surface area contributed by atoms with Crippen molar-refractivity contribution in [1.82, 2.24) is 0 Å². The highest BCUT2D eigenvalue weighted by molar-refractivity contribution is 6.97. The SMILES string of the molecule is Cc1c(C([Si](C)(C)C)[Si](C)(C)C)cc(C(C)(C)C)cc1C([Si](C)(C)C)[Si](C)(C)C. The monoisotopic (exact) mass is 464 g/mol. The Labute approximate surface area is 188 Å². The number of rotatable bonds is 6. The summed E-state index contributed by atoms with van der Waals surface area (Å²) in [6.07, 6.45) is 0. The topological polar surface area (TPSA) is 0 Å². The average molecular weight is 465 g/mol. The quantitative estimate of drug-likeness (QED) is 0.368. The van der Waals surface area contributed by atoms with E-state index in [1.54, 1.807) is 22.3 Å². The van der Waals surface area contributed by atoms with E-state index >= 15 is 0 Å². The van der Waals surface area contributed by atoms with Crippen LogP contribution in [0.1, 0.15) is 53.4 Å². The van der Waals surface area contributed by atoms with Gasteiger partial charge in [-0.3, -0.25) is 0 Å². The predicted octanol–water partition coefficient (Wildman–Crippen LogP) is 8.97. The summed E-state index contributed by atoms with van der Waals surface area (Å²) in [7, 11) is -5.37. The van der Waals surface area contributed by atoms with Crippen LogP contribution in [0.2, 0.25) is 78.6 Å². The minimum atomic E-state index is -1.34. The molecule has 29 heavy (non-hydrogen) atoms. The van der Waals surface area contributed by atoms with Gasteiger partial charge in [-0.25, -0.2) is 0 Å². The summed E-state index contributed by atoms with van der Waals surface area (Å²) in [5.41, 5.74) is 6.88. The van der Waals surface area contributed by atoms with Crippen molar-refractivity contribution in [3.8, 4) is 0 Å². The van der Waals surface area contributed by atoms with Crippen LogP contribution in [0.25, 0.3) is 0 Å². The minimum absolute atomic E-state index is 0.198. The van der Waals surface area contributed by atoms with Crippen molar-refractivity contribution in [3.05, 3.63) is 34.4 Å². The second-order valence-electron chi connectivity index (χ2n) is 14.9. The second kappa shape index (κ2) is 8.21. The lowest BCUT2D eigenvalue weighted by Gasteiger charge is -2.44. The molecule has 0 spiro atoms. The first-order valence-electron chi connectivity index (χ1n) is 11.6. The van der Waals surface area contributed by atoms with E-state index in [9.17, 15) is 0 Å². The second-order valence-corrected chi connectivity index (χ2v) is 37.3. The first kappa shape index (κ1) is 27.1. The Bertz CT molecular complexity index is 633. The molecule has 1 aromatic carbocycles. The van der Waals surface area contributed by atoms with Gasteiger partial charge in [0.15, 0.2) is 0 Å². The fourth-order valence-electron chi connectivity index (χ4n) is 6.26. The Hall–Kier alpha value is 0.0875. The zero-order chi connectivity index (χ0) is 23.4. The van der Waals surface area contributed by atoms with Crippen LogP contribution >= 0.6 is 0 Å². The maximum atomic E-state index is 2.64. The van der Waals surface area contributed by atoms with Crippen LogP contribution in [0.3, 0.4) is 0 Å². The molecule has 1 aromatic rings. The predicted molar refractivity (Wildman–Crippen MR) is 149 cm³/mol. The molecule has 0 aliphatic carbocycles. The lowest BCUT2D eigenvalue weighted by Crippen LogP contribution is -2.48. The highest BCUT2D eigenvalue weighted by Crippen LogP contribution is 2.44. The molecule has 0 N–H and O–H groups in total. The molecule has 0 saturated heterocycles. The fourth-order valence-corrected chi connectivity index (χ4v) is 32.0. The molecule has 0 heterocycles. The van der Waals surface area contributed by atoms with Gasteiger partial charge in [-0.2, -0.15) is 0 Å². The highest BCUT2D eigenvalue weighted by Gasteiger charge is 2.43. The van der Waals surface area contributed by atoms with Gasteiger partial charge >= 0.3 is 0 Å². The summed E-state index contributed by atoms with van der Waals surface area (Å²) >= 11 is 0. The summed E-state index contributed by atoms with van der Waals surface area (Å²) in [5, 5.41) is 1.61. The Morgan fingerprint density at radius 1 is 0.552 bits per heavy atom. The van der Waals surface area contributed by atoms with Crippen LogP contribution in [0.4, 0.5) is 0 Å². The third kappa shape index (κ3) is 6.53. The Morgan fingerprint density at radius 3 is 0.966 bits per heavy atom. The van der Waals surface area contributed by atoms with Crippen molar-refractivity contribution in [2.45, 2.75) is 122 Å². The largest absolute Gasteiger partial charge is 0.0693 e. The van der Waals surface area contributed by atoms with Crippen LogP contribution in [0.15, 0.2) is 12.1 Å². The Morgan fingerprint density at radius 2 is 0.793 bits per heavy atom. The van der Waals surface area contributed by atoms with Crippen molar-refractivity contribution < 1.29 is 0 Å². The molecule has 0 nitrogen and oxygen atoms in total. The fraction of sp³-hybridized carbons (Fsp3) is 0.760. The zero-order valence-electron chi connectivity index (χ0n) is 22.8. The van der Waals surface area contributed by atoms with Gasteiger partial charge in [-0.1, -0.05) is 111 Å². The molecule has 0 aromatic heterocycles. The zero-order valence-corrected chi connectivity index (χ0v) is 26.8. The van der Waals surface area contributed by atoms with Gasteiger partial charge < -0.3 is 0 Å². The van der Waals surface area contributed by atoms with E-state index in [1.807, 2.05) is 0 Å². The maximum absolute atomic E-state index is 2.64. The normalized spacial score (nSPS) is 14.8. The molecule has 0 aliphatic rings. The van der Waals surface area contributed by atoms with Crippen LogP contribution < -0.4 is 0 Å². The molecule has 0 amide bonds. The molecule has 4 heteroatoms. The van der Waals surface area contributed by atoms with Gasteiger partial charge in [0.1, 0.15) is 0 Å². The van der Waals surface area contributed by atoms with E-state index in [-0.39, 0.29) is 5.41 Å². The summed E-state index contributed by atoms with van der Waals surface area (Å²) in [4.78, 5) is 0. The lowest BCUT2D eigenvalue weighted by molar-refractivity contribution is 0.588. The van der Waals surface area contributed by atoms with Crippen molar-refractivity contribution in [2.75, 3.05) is 0 Å². The van der Waals surface area contributed by atoms with Crippen LogP contribution in [-0.2, 0) is 5.41 Å². The van der Waals surface area contributed by atoms with E-state index in [4.69, 9.17) is 0 Å². The molecule has 0 aliphatic heterocycles. The van der Waals surface area contributed by atoms with Crippen LogP contribution in [-0.4, -0.2) is 32.3 Å². The van der Waals surface area contributed by atoms with E-state index in [0.29, 0.717) is 0 Å². The van der Waals surface area contributed by atoms with E-state index in [2.05, 4.69) is 118 Å². The summed E-state index contributed by atoms with van der Waals surface area (Å²) in [5.74, 6) is 0. The molecule has 0 atom stereocenters. The molecule has 0 bridgehead atoms. The molecule has 168 valence electrons. The first-order valence-corrected chi connectivity index (χ1v) is 25.9. The minimum Gasteiger partial charge on any atom is -0.0693 e. The standard InChI is InChI=1S/C25H52Si4/c1-19-21(23(26(5,6)7)27(8,9)10)17-20(25(2,3)4)18-22(19)24(28(11,12)13)29(14,15)16/h17-18,23-24H,1-16H3. The third-order valence-corrected chi connectivity index (χ3v) is 25.0. The number of hydrogen-bond acceptors (Lipinski definition) is 0. The van der Waals surface area contributed by atoms with Gasteiger partial charge in [0.05, 0.1) is 0 Å². The molecular formula is C25H52Si4. The van der Waals surface area contributed by atoms with E-state index < -0.39 is 32.3 Å². The summed E-state index contributed by atoms with van der Waals surface area (Å²) < 4.78 is 0. The summed E-state index contributed by atoms with van der Waals surface area (Å²) in [6, 6.07) is 5.29. The molecule has 0 radical (unpaired) electrons. The molecule has 0 fully saturated rings. The van der Waals surface area contributed by atoms with Crippen molar-refractivity contribution in [3.63, 3.8) is 0 Å². The lowest BCUT2D eigenvalue weighted by atomic mass is 9.84. The molecular weight excluding hydrogens is 413 g/mol. The van der Waals surface area contributed by atoms with Crippen molar-refractivity contribution in [1.29, 1.82) is 0 Å². The van der Waals surface area contributed by atoms with Gasteiger partial charge in [0.25, 0.3) is 0 Å². The Balaban J connectivity index is 4.07. The average Bonchev–Trinajstić information content (AvgIpc) is 2.35. The third-order valence-electron chi connectivity index (χ3n) is 6.44. The van der Waals surface area contributed by atoms with Gasteiger partial charge in [0, 0.05) is 32.3 Å². The van der Waals surface area contributed by atoms with Crippen LogP contribution in [0, 0.1) is 6.92 Å². The van der Waals surface area contributed by atoms with Gasteiger partial charge in [0.2, 0.25) is 0 Å². The van der Waals surface area contributed by atoms with Crippen LogP contribution in [0.5, 0.6) is 0 Å². The molecule has 0 saturated carbocycles. The van der Waals surface area contributed by atoms with Gasteiger partial charge in [-0.15, -0.1) is 0 Å². The smallest absolute Gasteiger partial charge is 0.0493 e. The van der Waals surface area contributed by atoms with Crippen molar-refractivity contribution in [2.24, 2.45) is 0 Å². The van der Waals surface area contributed by atoms with Gasteiger partial charge in [-0.05, 0) is 44.9 Å². The number of hydrogen-bond donors (Lipinski definition) is 0. The molecule has 1 rings (SSSR count). The first-order chi connectivity index (χ1) is 12.5. The van der Waals surface area contributed by atoms with E-state index in [1.165, 1.54) is 0 Å².